The molecule has 6 nitrogen and oxygen atoms in total. The molecule has 1 aromatic carbocycles. The Morgan fingerprint density at radius 2 is 1.79 bits per heavy atom. The number of carbonyl (C=O) groups excluding carboxylic acids is 2. The molecule has 1 aromatic rings. The average molecular weight is 396 g/mol. The van der Waals surface area contributed by atoms with Crippen LogP contribution >= 0.6 is 15.9 Å². The normalized spacial score (nSPS) is 31.4. The Morgan fingerprint density at radius 1 is 1.21 bits per heavy atom. The maximum atomic E-state index is 12.9. The molecular weight excluding hydrogens is 374 g/mol. The maximum absolute atomic E-state index is 12.9. The Balaban J connectivity index is 1.77. The first kappa shape index (κ1) is 17.4. The van der Waals surface area contributed by atoms with Crippen LogP contribution in [0.1, 0.15) is 26.3 Å². The van der Waals surface area contributed by atoms with E-state index in [0.717, 1.165) is 10.0 Å². The van der Waals surface area contributed by atoms with Crippen LogP contribution < -0.4 is 5.32 Å². The number of carbonyl (C=O) groups is 2. The molecule has 2 heterocycles. The standard InChI is InChI=1S/C17H22BrN3O3/c1-11-8-20(9-12(2)24-11)10-21-15(22)17(3,19-16(21)23)13-4-6-14(18)7-5-13/h4-7,11-12H,8-10H2,1-3H3,(H,19,23)/t11-,12+,17-/m0/s1. The molecule has 0 spiro atoms. The first-order chi connectivity index (χ1) is 11.3. The minimum Gasteiger partial charge on any atom is -0.373 e. The zero-order chi connectivity index (χ0) is 17.5. The summed E-state index contributed by atoms with van der Waals surface area (Å²) in [4.78, 5) is 28.7. The van der Waals surface area contributed by atoms with Gasteiger partial charge < -0.3 is 10.1 Å². The van der Waals surface area contributed by atoms with E-state index >= 15 is 0 Å². The van der Waals surface area contributed by atoms with Gasteiger partial charge in [0.15, 0.2) is 0 Å². The van der Waals surface area contributed by atoms with Gasteiger partial charge in [-0.3, -0.25) is 9.69 Å². The lowest BCUT2D eigenvalue weighted by Gasteiger charge is -2.36. The number of benzene rings is 1. The van der Waals surface area contributed by atoms with Gasteiger partial charge in [-0.05, 0) is 38.5 Å². The highest BCUT2D eigenvalue weighted by atomic mass is 79.9. The van der Waals surface area contributed by atoms with Crippen LogP contribution in [0.3, 0.4) is 0 Å². The van der Waals surface area contributed by atoms with Crippen molar-refractivity contribution in [2.24, 2.45) is 0 Å². The molecule has 0 aliphatic carbocycles. The summed E-state index contributed by atoms with van der Waals surface area (Å²) >= 11 is 3.39. The van der Waals surface area contributed by atoms with E-state index in [2.05, 4.69) is 26.1 Å². The van der Waals surface area contributed by atoms with Crippen molar-refractivity contribution in [2.75, 3.05) is 19.8 Å². The van der Waals surface area contributed by atoms with Gasteiger partial charge in [0.2, 0.25) is 0 Å². The predicted octanol–water partition coefficient (Wildman–Crippen LogP) is 2.28. The van der Waals surface area contributed by atoms with Gasteiger partial charge in [0.05, 0.1) is 18.9 Å². The number of nitrogens with zero attached hydrogens (tertiary/aromatic N) is 2. The molecule has 0 radical (unpaired) electrons. The molecule has 1 N–H and O–H groups in total. The number of morpholine rings is 1. The minimum absolute atomic E-state index is 0.0902. The van der Waals surface area contributed by atoms with E-state index in [0.29, 0.717) is 13.1 Å². The van der Waals surface area contributed by atoms with E-state index in [9.17, 15) is 9.59 Å². The molecule has 3 atom stereocenters. The lowest BCUT2D eigenvalue weighted by atomic mass is 9.92. The molecule has 2 aliphatic heterocycles. The van der Waals surface area contributed by atoms with Gasteiger partial charge in [-0.1, -0.05) is 28.1 Å². The van der Waals surface area contributed by atoms with E-state index < -0.39 is 5.54 Å². The Labute approximate surface area is 150 Å². The zero-order valence-electron chi connectivity index (χ0n) is 14.1. The second-order valence-electron chi connectivity index (χ2n) is 6.73. The summed E-state index contributed by atoms with van der Waals surface area (Å²) in [5.74, 6) is -0.221. The van der Waals surface area contributed by atoms with Crippen LogP contribution in [0.4, 0.5) is 4.79 Å². The highest BCUT2D eigenvalue weighted by Crippen LogP contribution is 2.30. The second-order valence-corrected chi connectivity index (χ2v) is 7.65. The SMILES string of the molecule is C[C@@H]1CN(CN2C(=O)N[C@@](C)(c3ccc(Br)cc3)C2=O)C[C@H](C)O1. The van der Waals surface area contributed by atoms with Crippen LogP contribution in [-0.4, -0.2) is 53.7 Å². The van der Waals surface area contributed by atoms with Crippen molar-refractivity contribution in [1.29, 1.82) is 0 Å². The van der Waals surface area contributed by atoms with Gasteiger partial charge in [-0.2, -0.15) is 0 Å². The third kappa shape index (κ3) is 3.20. The molecule has 130 valence electrons. The minimum atomic E-state index is -1.03. The molecule has 0 bridgehead atoms. The molecule has 0 saturated carbocycles. The van der Waals surface area contributed by atoms with Crippen LogP contribution in [0.25, 0.3) is 0 Å². The number of amides is 3. The quantitative estimate of drug-likeness (QED) is 0.797. The zero-order valence-corrected chi connectivity index (χ0v) is 15.7. The van der Waals surface area contributed by atoms with E-state index in [4.69, 9.17) is 4.74 Å². The van der Waals surface area contributed by atoms with Gasteiger partial charge in [-0.15, -0.1) is 0 Å². The van der Waals surface area contributed by atoms with E-state index in [1.54, 1.807) is 6.92 Å². The molecule has 0 aromatic heterocycles. The van der Waals surface area contributed by atoms with Crippen molar-refractivity contribution in [2.45, 2.75) is 38.5 Å². The largest absolute Gasteiger partial charge is 0.373 e. The van der Waals surface area contributed by atoms with Crippen molar-refractivity contribution in [3.8, 4) is 0 Å². The molecule has 2 aliphatic rings. The molecule has 7 heteroatoms. The number of urea groups is 1. The summed E-state index contributed by atoms with van der Waals surface area (Å²) in [6.45, 7) is 7.45. The number of hydrogen-bond acceptors (Lipinski definition) is 4. The van der Waals surface area contributed by atoms with Crippen molar-refractivity contribution < 1.29 is 14.3 Å². The van der Waals surface area contributed by atoms with Crippen molar-refractivity contribution in [3.05, 3.63) is 34.3 Å². The number of rotatable bonds is 3. The van der Waals surface area contributed by atoms with Gasteiger partial charge in [0.25, 0.3) is 5.91 Å². The molecule has 2 fully saturated rings. The summed E-state index contributed by atoms with van der Waals surface area (Å²) < 4.78 is 6.64. The highest BCUT2D eigenvalue weighted by Gasteiger charge is 2.49. The number of ether oxygens (including phenoxy) is 1. The van der Waals surface area contributed by atoms with Gasteiger partial charge in [-0.25, -0.2) is 9.69 Å². The van der Waals surface area contributed by atoms with E-state index in [1.165, 1.54) is 4.90 Å². The average Bonchev–Trinajstić information content (AvgIpc) is 2.71. The topological polar surface area (TPSA) is 61.9 Å². The Bertz CT molecular complexity index is 641. The first-order valence-electron chi connectivity index (χ1n) is 8.07. The molecule has 0 unspecified atom stereocenters. The Hall–Kier alpha value is -1.44. The summed E-state index contributed by atoms with van der Waals surface area (Å²) in [6, 6.07) is 7.09. The third-order valence-electron chi connectivity index (χ3n) is 4.53. The summed E-state index contributed by atoms with van der Waals surface area (Å²) in [5.41, 5.74) is -0.253. The van der Waals surface area contributed by atoms with Crippen molar-refractivity contribution in [3.63, 3.8) is 0 Å². The maximum Gasteiger partial charge on any atom is 0.326 e. The van der Waals surface area contributed by atoms with Crippen molar-refractivity contribution >= 4 is 27.9 Å². The van der Waals surface area contributed by atoms with Crippen LogP contribution in [0, 0.1) is 0 Å². The van der Waals surface area contributed by atoms with Gasteiger partial charge in [0, 0.05) is 17.6 Å². The highest BCUT2D eigenvalue weighted by molar-refractivity contribution is 9.10. The van der Waals surface area contributed by atoms with Crippen LogP contribution in [0.15, 0.2) is 28.7 Å². The van der Waals surface area contributed by atoms with E-state index in [-0.39, 0.29) is 30.8 Å². The predicted molar refractivity (Wildman–Crippen MR) is 93.3 cm³/mol. The van der Waals surface area contributed by atoms with Crippen LogP contribution in [-0.2, 0) is 15.1 Å². The molecule has 3 amide bonds. The first-order valence-corrected chi connectivity index (χ1v) is 8.87. The van der Waals surface area contributed by atoms with Gasteiger partial charge in [0.1, 0.15) is 5.54 Å². The monoisotopic (exact) mass is 395 g/mol. The summed E-state index contributed by atoms with van der Waals surface area (Å²) in [5, 5.41) is 2.84. The lowest BCUT2D eigenvalue weighted by molar-refractivity contribution is -0.135. The molecular formula is C17H22BrN3O3. The summed E-state index contributed by atoms with van der Waals surface area (Å²) in [7, 11) is 0. The Morgan fingerprint density at radius 3 is 2.38 bits per heavy atom. The number of nitrogens with one attached hydrogen (secondary N) is 1. The molecule has 3 rings (SSSR count). The van der Waals surface area contributed by atoms with E-state index in [1.807, 2.05) is 38.1 Å². The fourth-order valence-corrected chi connectivity index (χ4v) is 3.67. The smallest absolute Gasteiger partial charge is 0.326 e. The lowest BCUT2D eigenvalue weighted by Crippen LogP contribution is -2.51. The second kappa shape index (κ2) is 6.46. The summed E-state index contributed by atoms with van der Waals surface area (Å²) in [6.07, 6.45) is 0.180. The molecule has 2 saturated heterocycles. The van der Waals surface area contributed by atoms with Crippen molar-refractivity contribution in [1.82, 2.24) is 15.1 Å². The van der Waals surface area contributed by atoms with Crippen LogP contribution in [0.5, 0.6) is 0 Å². The third-order valence-corrected chi connectivity index (χ3v) is 5.06. The number of hydrogen-bond donors (Lipinski definition) is 1. The number of imide groups is 1. The fraction of sp³-hybridized carbons (Fsp3) is 0.529. The number of halogens is 1. The van der Waals surface area contributed by atoms with Gasteiger partial charge >= 0.3 is 6.03 Å². The molecule has 24 heavy (non-hydrogen) atoms. The fourth-order valence-electron chi connectivity index (χ4n) is 3.40. The Kier molecular flexibility index (Phi) is 4.68. The van der Waals surface area contributed by atoms with Crippen LogP contribution in [0.2, 0.25) is 0 Å².